The summed E-state index contributed by atoms with van der Waals surface area (Å²) in [5.74, 6) is -1.01. The van der Waals surface area contributed by atoms with Crippen LogP contribution in [0, 0.1) is 5.92 Å². The predicted octanol–water partition coefficient (Wildman–Crippen LogP) is 1.41. The van der Waals surface area contributed by atoms with Crippen LogP contribution in [0.4, 0.5) is 0 Å². The monoisotopic (exact) mass is 195 g/mol. The molecule has 0 aromatic heterocycles. The van der Waals surface area contributed by atoms with E-state index >= 15 is 0 Å². The summed E-state index contributed by atoms with van der Waals surface area (Å²) in [6.45, 7) is 5.15. The fraction of sp³-hybridized carbons (Fsp3) is 0.500. The van der Waals surface area contributed by atoms with Gasteiger partial charge in [-0.25, -0.2) is 4.99 Å². The third-order valence-corrected chi connectivity index (χ3v) is 1.91. The van der Waals surface area contributed by atoms with Crippen LogP contribution in [0.25, 0.3) is 0 Å². The molecule has 0 saturated carbocycles. The molecule has 1 aliphatic heterocycles. The van der Waals surface area contributed by atoms with Gasteiger partial charge in [0.15, 0.2) is 11.5 Å². The first-order chi connectivity index (χ1) is 6.43. The Labute approximate surface area is 82.3 Å². The van der Waals surface area contributed by atoms with E-state index in [1.165, 1.54) is 6.92 Å². The van der Waals surface area contributed by atoms with Crippen molar-refractivity contribution < 1.29 is 14.7 Å². The topological polar surface area (TPSA) is 66.7 Å². The van der Waals surface area contributed by atoms with E-state index in [0.29, 0.717) is 12.1 Å². The van der Waals surface area contributed by atoms with Crippen LogP contribution in [0.2, 0.25) is 0 Å². The highest BCUT2D eigenvalue weighted by Gasteiger charge is 2.29. The van der Waals surface area contributed by atoms with E-state index < -0.39 is 11.7 Å². The minimum atomic E-state index is -0.620. The van der Waals surface area contributed by atoms with Crippen LogP contribution in [-0.2, 0) is 9.59 Å². The molecule has 0 fully saturated rings. The van der Waals surface area contributed by atoms with Gasteiger partial charge >= 0.3 is 0 Å². The number of aliphatic hydroxyl groups is 1. The summed E-state index contributed by atoms with van der Waals surface area (Å²) >= 11 is 0. The summed E-state index contributed by atoms with van der Waals surface area (Å²) < 4.78 is 0. The Balaban J connectivity index is 2.98. The number of ketones is 1. The molecule has 0 aromatic carbocycles. The molecular weight excluding hydrogens is 182 g/mol. The molecule has 0 aliphatic carbocycles. The first-order valence-electron chi connectivity index (χ1n) is 4.50. The summed E-state index contributed by atoms with van der Waals surface area (Å²) in [7, 11) is 0. The highest BCUT2D eigenvalue weighted by Crippen LogP contribution is 2.19. The van der Waals surface area contributed by atoms with E-state index in [9.17, 15) is 14.7 Å². The fourth-order valence-corrected chi connectivity index (χ4v) is 1.32. The number of allylic oxidation sites excluding steroid dienone is 1. The number of carbonyl (C=O) groups is 2. The van der Waals surface area contributed by atoms with Crippen LogP contribution in [0.3, 0.4) is 0 Å². The van der Waals surface area contributed by atoms with Crippen LogP contribution < -0.4 is 0 Å². The molecule has 14 heavy (non-hydrogen) atoms. The van der Waals surface area contributed by atoms with Crippen molar-refractivity contribution >= 4 is 17.4 Å². The number of aliphatic imine (C=N–C) groups is 1. The Hall–Kier alpha value is -1.45. The average Bonchev–Trinajstić information content (AvgIpc) is 2.25. The first kappa shape index (κ1) is 10.6. The smallest absolute Gasteiger partial charge is 0.284 e. The molecule has 4 heteroatoms. The van der Waals surface area contributed by atoms with Gasteiger partial charge in [-0.05, 0) is 19.3 Å². The highest BCUT2D eigenvalue weighted by atomic mass is 16.3. The quantitative estimate of drug-likeness (QED) is 0.692. The maximum absolute atomic E-state index is 11.2. The fourth-order valence-electron chi connectivity index (χ4n) is 1.32. The molecule has 1 aliphatic rings. The minimum absolute atomic E-state index is 0.180. The maximum Gasteiger partial charge on any atom is 0.284 e. The van der Waals surface area contributed by atoms with Crippen molar-refractivity contribution in [1.82, 2.24) is 0 Å². The number of hydrogen-bond acceptors (Lipinski definition) is 3. The molecule has 1 heterocycles. The van der Waals surface area contributed by atoms with E-state index in [4.69, 9.17) is 0 Å². The molecule has 76 valence electrons. The van der Waals surface area contributed by atoms with Crippen molar-refractivity contribution in [2.24, 2.45) is 10.9 Å². The van der Waals surface area contributed by atoms with Gasteiger partial charge in [0.2, 0.25) is 0 Å². The highest BCUT2D eigenvalue weighted by molar-refractivity contribution is 6.30. The Bertz CT molecular complexity index is 350. The van der Waals surface area contributed by atoms with Gasteiger partial charge in [0, 0.05) is 0 Å². The van der Waals surface area contributed by atoms with E-state index in [2.05, 4.69) is 4.99 Å². The summed E-state index contributed by atoms with van der Waals surface area (Å²) in [4.78, 5) is 25.8. The maximum atomic E-state index is 11.2. The predicted molar refractivity (Wildman–Crippen MR) is 52.2 cm³/mol. The molecule has 0 unspecified atom stereocenters. The normalized spacial score (nSPS) is 16.6. The van der Waals surface area contributed by atoms with E-state index in [0.717, 1.165) is 0 Å². The van der Waals surface area contributed by atoms with E-state index in [-0.39, 0.29) is 17.3 Å². The summed E-state index contributed by atoms with van der Waals surface area (Å²) in [6.07, 6.45) is 0.508. The van der Waals surface area contributed by atoms with Crippen molar-refractivity contribution in [2.75, 3.05) is 0 Å². The molecule has 1 rings (SSSR count). The Kier molecular flexibility index (Phi) is 2.84. The SMILES string of the molecule is CC(=O)C1=C(O)C(CC(C)C)=NC1=O. The molecular formula is C10H13NO3. The first-order valence-corrected chi connectivity index (χ1v) is 4.50. The van der Waals surface area contributed by atoms with Gasteiger partial charge in [0.05, 0.1) is 5.71 Å². The average molecular weight is 195 g/mol. The number of hydrogen-bond donors (Lipinski definition) is 1. The van der Waals surface area contributed by atoms with Crippen LogP contribution in [0.15, 0.2) is 16.3 Å². The van der Waals surface area contributed by atoms with Crippen molar-refractivity contribution in [1.29, 1.82) is 0 Å². The lowest BCUT2D eigenvalue weighted by Crippen LogP contribution is -2.08. The lowest BCUT2D eigenvalue weighted by atomic mass is 10.0. The molecule has 0 bridgehead atoms. The Morgan fingerprint density at radius 1 is 1.50 bits per heavy atom. The second-order valence-corrected chi connectivity index (χ2v) is 3.74. The molecule has 0 spiro atoms. The zero-order valence-corrected chi connectivity index (χ0v) is 8.50. The summed E-state index contributed by atoms with van der Waals surface area (Å²) in [5, 5.41) is 9.55. The van der Waals surface area contributed by atoms with Crippen LogP contribution >= 0.6 is 0 Å². The van der Waals surface area contributed by atoms with Crippen LogP contribution in [0.1, 0.15) is 27.2 Å². The van der Waals surface area contributed by atoms with Gasteiger partial charge in [-0.3, -0.25) is 9.59 Å². The van der Waals surface area contributed by atoms with Gasteiger partial charge in [0.1, 0.15) is 5.57 Å². The Morgan fingerprint density at radius 2 is 2.07 bits per heavy atom. The lowest BCUT2D eigenvalue weighted by Gasteiger charge is -2.03. The number of aliphatic hydroxyl groups excluding tert-OH is 1. The molecule has 4 nitrogen and oxygen atoms in total. The third kappa shape index (κ3) is 1.89. The van der Waals surface area contributed by atoms with Crippen molar-refractivity contribution in [3.05, 3.63) is 11.3 Å². The summed E-state index contributed by atoms with van der Waals surface area (Å²) in [6, 6.07) is 0. The van der Waals surface area contributed by atoms with Crippen LogP contribution in [0.5, 0.6) is 0 Å². The number of rotatable bonds is 3. The number of amides is 1. The van der Waals surface area contributed by atoms with Gasteiger partial charge in [-0.2, -0.15) is 0 Å². The minimum Gasteiger partial charge on any atom is -0.505 e. The number of Topliss-reactive ketones (excluding diaryl/α,β-unsaturated/α-hetero) is 1. The zero-order valence-electron chi connectivity index (χ0n) is 8.50. The van der Waals surface area contributed by atoms with Crippen molar-refractivity contribution in [3.63, 3.8) is 0 Å². The zero-order chi connectivity index (χ0) is 10.9. The lowest BCUT2D eigenvalue weighted by molar-refractivity contribution is -0.119. The largest absolute Gasteiger partial charge is 0.505 e. The molecule has 0 aromatic rings. The second kappa shape index (κ2) is 3.74. The second-order valence-electron chi connectivity index (χ2n) is 3.74. The van der Waals surface area contributed by atoms with Gasteiger partial charge < -0.3 is 5.11 Å². The van der Waals surface area contributed by atoms with Crippen molar-refractivity contribution in [3.8, 4) is 0 Å². The van der Waals surface area contributed by atoms with E-state index in [1.54, 1.807) is 0 Å². The van der Waals surface area contributed by atoms with E-state index in [1.807, 2.05) is 13.8 Å². The molecule has 0 radical (unpaired) electrons. The number of nitrogens with zero attached hydrogens (tertiary/aromatic N) is 1. The van der Waals surface area contributed by atoms with Crippen molar-refractivity contribution in [2.45, 2.75) is 27.2 Å². The third-order valence-electron chi connectivity index (χ3n) is 1.91. The molecule has 0 atom stereocenters. The molecule has 0 saturated heterocycles. The Morgan fingerprint density at radius 3 is 2.43 bits per heavy atom. The molecule has 1 N–H and O–H groups in total. The standard InChI is InChI=1S/C10H13NO3/c1-5(2)4-7-9(13)8(6(3)12)10(14)11-7/h5,13H,4H2,1-3H3. The van der Waals surface area contributed by atoms with Gasteiger partial charge in [-0.1, -0.05) is 13.8 Å². The van der Waals surface area contributed by atoms with Crippen LogP contribution in [-0.4, -0.2) is 22.5 Å². The number of carbonyl (C=O) groups excluding carboxylic acids is 2. The van der Waals surface area contributed by atoms with Gasteiger partial charge in [0.25, 0.3) is 5.91 Å². The molecule has 1 amide bonds. The van der Waals surface area contributed by atoms with Gasteiger partial charge in [-0.15, -0.1) is 0 Å². The summed E-state index contributed by atoms with van der Waals surface area (Å²) in [5.41, 5.74) is 0.149.